The summed E-state index contributed by atoms with van der Waals surface area (Å²) in [7, 11) is 0. The number of carbonyl (C=O) groups excluding carboxylic acids is 1. The van der Waals surface area contributed by atoms with Crippen molar-refractivity contribution in [3.8, 4) is 17.1 Å². The summed E-state index contributed by atoms with van der Waals surface area (Å²) in [5, 5.41) is 3.88. The minimum atomic E-state index is -0.482. The quantitative estimate of drug-likeness (QED) is 0.635. The zero-order valence-electron chi connectivity index (χ0n) is 14.2. The van der Waals surface area contributed by atoms with Gasteiger partial charge < -0.3 is 14.0 Å². The van der Waals surface area contributed by atoms with Crippen LogP contribution in [0.2, 0.25) is 0 Å². The van der Waals surface area contributed by atoms with E-state index in [4.69, 9.17) is 14.0 Å². The lowest BCUT2D eigenvalue weighted by atomic mass is 10.1. The van der Waals surface area contributed by atoms with Crippen molar-refractivity contribution >= 4 is 5.97 Å². The highest BCUT2D eigenvalue weighted by Crippen LogP contribution is 2.26. The third-order valence-corrected chi connectivity index (χ3v) is 4.28. The van der Waals surface area contributed by atoms with Gasteiger partial charge >= 0.3 is 5.97 Å². The first-order valence-corrected chi connectivity index (χ1v) is 8.56. The van der Waals surface area contributed by atoms with E-state index in [0.29, 0.717) is 11.6 Å². The van der Waals surface area contributed by atoms with E-state index in [0.717, 1.165) is 18.4 Å². The van der Waals surface area contributed by atoms with Crippen LogP contribution in [0, 0.1) is 0 Å². The molecule has 0 fully saturated rings. The van der Waals surface area contributed by atoms with E-state index in [2.05, 4.69) is 16.2 Å². The van der Waals surface area contributed by atoms with Gasteiger partial charge in [0.1, 0.15) is 5.75 Å². The van der Waals surface area contributed by atoms with E-state index in [1.165, 1.54) is 17.5 Å². The first-order valence-electron chi connectivity index (χ1n) is 8.56. The van der Waals surface area contributed by atoms with Gasteiger partial charge in [0.2, 0.25) is 5.82 Å². The van der Waals surface area contributed by atoms with E-state index in [-0.39, 0.29) is 19.1 Å². The fraction of sp³-hybridized carbons (Fsp3) is 0.250. The van der Waals surface area contributed by atoms with E-state index >= 15 is 0 Å². The fourth-order valence-electron chi connectivity index (χ4n) is 2.98. The van der Waals surface area contributed by atoms with Gasteiger partial charge in [-0.15, -0.1) is 0 Å². The molecule has 1 aromatic heterocycles. The molecule has 0 spiro atoms. The lowest BCUT2D eigenvalue weighted by molar-refractivity contribution is -0.148. The van der Waals surface area contributed by atoms with Crippen LogP contribution in [0.15, 0.2) is 53.1 Å². The topological polar surface area (TPSA) is 74.5 Å². The van der Waals surface area contributed by atoms with Gasteiger partial charge in [0.25, 0.3) is 5.89 Å². The SMILES string of the molecule is O=C(COc1ccc2c(c1)CCC2)OCc1nc(-c2ccccc2)no1. The van der Waals surface area contributed by atoms with Crippen LogP contribution in [0.5, 0.6) is 5.75 Å². The predicted octanol–water partition coefficient (Wildman–Crippen LogP) is 3.35. The number of ether oxygens (including phenoxy) is 2. The van der Waals surface area contributed by atoms with Crippen LogP contribution in [0.1, 0.15) is 23.4 Å². The smallest absolute Gasteiger partial charge is 0.344 e. The average molecular weight is 350 g/mol. The summed E-state index contributed by atoms with van der Waals surface area (Å²) in [6.07, 6.45) is 3.36. The van der Waals surface area contributed by atoms with Crippen molar-refractivity contribution in [1.29, 1.82) is 0 Å². The van der Waals surface area contributed by atoms with Gasteiger partial charge in [0.15, 0.2) is 13.2 Å². The molecule has 4 rings (SSSR count). The Balaban J connectivity index is 1.27. The monoisotopic (exact) mass is 350 g/mol. The maximum atomic E-state index is 11.9. The molecular weight excluding hydrogens is 332 g/mol. The minimum absolute atomic E-state index is 0.0772. The van der Waals surface area contributed by atoms with Gasteiger partial charge in [0.05, 0.1) is 0 Å². The van der Waals surface area contributed by atoms with E-state index in [9.17, 15) is 4.79 Å². The van der Waals surface area contributed by atoms with Crippen LogP contribution in [-0.2, 0) is 29.0 Å². The molecule has 132 valence electrons. The number of nitrogens with zero attached hydrogens (tertiary/aromatic N) is 2. The third kappa shape index (κ3) is 3.74. The highest BCUT2D eigenvalue weighted by molar-refractivity contribution is 5.71. The summed E-state index contributed by atoms with van der Waals surface area (Å²) in [6, 6.07) is 15.4. The lowest BCUT2D eigenvalue weighted by Crippen LogP contribution is -2.15. The van der Waals surface area contributed by atoms with Gasteiger partial charge in [0, 0.05) is 5.56 Å². The number of benzene rings is 2. The van der Waals surface area contributed by atoms with Crippen LogP contribution >= 0.6 is 0 Å². The molecule has 0 N–H and O–H groups in total. The van der Waals surface area contributed by atoms with Crippen LogP contribution in [0.4, 0.5) is 0 Å². The van der Waals surface area contributed by atoms with Crippen molar-refractivity contribution in [2.45, 2.75) is 25.9 Å². The van der Waals surface area contributed by atoms with Gasteiger partial charge in [-0.3, -0.25) is 0 Å². The number of aromatic nitrogens is 2. The molecule has 0 atom stereocenters. The van der Waals surface area contributed by atoms with Crippen molar-refractivity contribution < 1.29 is 18.8 Å². The number of fused-ring (bicyclic) bond motifs is 1. The van der Waals surface area contributed by atoms with Gasteiger partial charge in [-0.05, 0) is 42.5 Å². The van der Waals surface area contributed by atoms with Crippen molar-refractivity contribution in [3.05, 3.63) is 65.5 Å². The number of hydrogen-bond donors (Lipinski definition) is 0. The Hall–Kier alpha value is -3.15. The number of aryl methyl sites for hydroxylation is 2. The van der Waals surface area contributed by atoms with Crippen LogP contribution in [0.3, 0.4) is 0 Å². The molecule has 0 bridgehead atoms. The van der Waals surface area contributed by atoms with Gasteiger partial charge in [-0.1, -0.05) is 41.6 Å². The lowest BCUT2D eigenvalue weighted by Gasteiger charge is -2.07. The molecule has 0 saturated heterocycles. The molecule has 6 nitrogen and oxygen atoms in total. The Morgan fingerprint density at radius 2 is 1.92 bits per heavy atom. The minimum Gasteiger partial charge on any atom is -0.482 e. The normalized spacial score (nSPS) is 12.6. The third-order valence-electron chi connectivity index (χ3n) is 4.28. The second-order valence-corrected chi connectivity index (χ2v) is 6.11. The summed E-state index contributed by atoms with van der Waals surface area (Å²) in [5.41, 5.74) is 3.51. The molecule has 0 aliphatic heterocycles. The number of carbonyl (C=O) groups is 1. The Labute approximate surface area is 150 Å². The molecule has 2 aromatic carbocycles. The molecule has 1 aliphatic rings. The summed E-state index contributed by atoms with van der Waals surface area (Å²) in [6.45, 7) is -0.231. The predicted molar refractivity (Wildman–Crippen MR) is 93.5 cm³/mol. The van der Waals surface area contributed by atoms with Gasteiger partial charge in [-0.25, -0.2) is 4.79 Å². The summed E-state index contributed by atoms with van der Waals surface area (Å²) < 4.78 is 15.7. The molecule has 0 saturated carbocycles. The van der Waals surface area contributed by atoms with E-state index in [1.807, 2.05) is 42.5 Å². The van der Waals surface area contributed by atoms with Crippen LogP contribution in [-0.4, -0.2) is 22.7 Å². The Kier molecular flexibility index (Phi) is 4.64. The summed E-state index contributed by atoms with van der Waals surface area (Å²) in [4.78, 5) is 16.1. The standard InChI is InChI=1S/C20H18N2O4/c23-19(13-24-17-10-9-14-7-4-8-16(14)11-17)25-12-18-21-20(22-26-18)15-5-2-1-3-6-15/h1-3,5-6,9-11H,4,7-8,12-13H2. The fourth-order valence-corrected chi connectivity index (χ4v) is 2.98. The Morgan fingerprint density at radius 1 is 1.08 bits per heavy atom. The number of hydrogen-bond acceptors (Lipinski definition) is 6. The molecule has 1 aliphatic carbocycles. The Morgan fingerprint density at radius 3 is 2.81 bits per heavy atom. The average Bonchev–Trinajstić information content (AvgIpc) is 3.34. The van der Waals surface area contributed by atoms with Crippen molar-refractivity contribution in [3.63, 3.8) is 0 Å². The number of esters is 1. The second kappa shape index (κ2) is 7.39. The van der Waals surface area contributed by atoms with Crippen molar-refractivity contribution in [2.24, 2.45) is 0 Å². The van der Waals surface area contributed by atoms with Crippen LogP contribution in [0.25, 0.3) is 11.4 Å². The van der Waals surface area contributed by atoms with Gasteiger partial charge in [-0.2, -0.15) is 4.98 Å². The molecule has 0 radical (unpaired) electrons. The second-order valence-electron chi connectivity index (χ2n) is 6.11. The van der Waals surface area contributed by atoms with E-state index in [1.54, 1.807) is 0 Å². The van der Waals surface area contributed by atoms with Crippen molar-refractivity contribution in [1.82, 2.24) is 10.1 Å². The molecule has 0 unspecified atom stereocenters. The zero-order valence-corrected chi connectivity index (χ0v) is 14.2. The molecule has 26 heavy (non-hydrogen) atoms. The van der Waals surface area contributed by atoms with Crippen LogP contribution < -0.4 is 4.74 Å². The first-order chi connectivity index (χ1) is 12.8. The maximum Gasteiger partial charge on any atom is 0.344 e. The summed E-state index contributed by atoms with van der Waals surface area (Å²) >= 11 is 0. The van der Waals surface area contributed by atoms with Crippen molar-refractivity contribution in [2.75, 3.05) is 6.61 Å². The highest BCUT2D eigenvalue weighted by atomic mass is 16.6. The molecule has 6 heteroatoms. The largest absolute Gasteiger partial charge is 0.482 e. The highest BCUT2D eigenvalue weighted by Gasteiger charge is 2.13. The number of rotatable bonds is 6. The molecule has 0 amide bonds. The first kappa shape index (κ1) is 16.3. The van der Waals surface area contributed by atoms with E-state index < -0.39 is 5.97 Å². The maximum absolute atomic E-state index is 11.9. The molecule has 1 heterocycles. The molecule has 3 aromatic rings. The molecular formula is C20H18N2O4. The zero-order chi connectivity index (χ0) is 17.8. The summed E-state index contributed by atoms with van der Waals surface area (Å²) in [5.74, 6) is 0.914. The Bertz CT molecular complexity index is 905.